The van der Waals surface area contributed by atoms with E-state index >= 15 is 0 Å². The van der Waals surface area contributed by atoms with Crippen molar-refractivity contribution in [2.45, 2.75) is 11.2 Å². The Kier molecular flexibility index (Phi) is 5.34. The Hall–Kier alpha value is -0.880. The zero-order valence-electron chi connectivity index (χ0n) is 8.50. The van der Waals surface area contributed by atoms with Gasteiger partial charge in [0.05, 0.1) is 6.61 Å². The van der Waals surface area contributed by atoms with Crippen molar-refractivity contribution in [3.63, 3.8) is 0 Å². The van der Waals surface area contributed by atoms with Crippen LogP contribution in [0.5, 0.6) is 0 Å². The lowest BCUT2D eigenvalue weighted by atomic mass is 10.3. The third-order valence-electron chi connectivity index (χ3n) is 1.84. The second kappa shape index (κ2) is 6.58. The first kappa shape index (κ1) is 12.2. The van der Waals surface area contributed by atoms with Gasteiger partial charge in [-0.1, -0.05) is 15.9 Å². The van der Waals surface area contributed by atoms with E-state index in [2.05, 4.69) is 31.4 Å². The van der Waals surface area contributed by atoms with Gasteiger partial charge in [-0.25, -0.2) is 0 Å². The topological polar surface area (TPSA) is 67.0 Å². The molecular weight excluding hydrogens is 262 g/mol. The van der Waals surface area contributed by atoms with Gasteiger partial charge in [-0.2, -0.15) is 5.10 Å². The van der Waals surface area contributed by atoms with Crippen molar-refractivity contribution in [3.05, 3.63) is 18.0 Å². The zero-order chi connectivity index (χ0) is 11.1. The highest BCUT2D eigenvalue weighted by molar-refractivity contribution is 9.09. The van der Waals surface area contributed by atoms with E-state index in [9.17, 15) is 4.79 Å². The summed E-state index contributed by atoms with van der Waals surface area (Å²) in [6.45, 7) is 1.25. The fourth-order valence-electron chi connectivity index (χ4n) is 1.08. The Morgan fingerprint density at radius 1 is 1.80 bits per heavy atom. The van der Waals surface area contributed by atoms with Gasteiger partial charge in [-0.15, -0.1) is 0 Å². The monoisotopic (exact) mass is 275 g/mol. The number of carbonyl (C=O) groups excluding carboxylic acids is 1. The number of aromatic nitrogens is 2. The Morgan fingerprint density at radius 2 is 2.60 bits per heavy atom. The average Bonchev–Trinajstić information content (AvgIpc) is 2.70. The maximum atomic E-state index is 11.4. The summed E-state index contributed by atoms with van der Waals surface area (Å²) in [7, 11) is 1.65. The molecule has 0 fully saturated rings. The van der Waals surface area contributed by atoms with Crippen LogP contribution in [0.4, 0.5) is 0 Å². The van der Waals surface area contributed by atoms with Gasteiger partial charge in [0.2, 0.25) is 0 Å². The second-order valence-corrected chi connectivity index (χ2v) is 4.36. The van der Waals surface area contributed by atoms with Crippen LogP contribution in [0.1, 0.15) is 16.9 Å². The molecule has 1 aromatic heterocycles. The number of carbonyl (C=O) groups is 1. The molecule has 15 heavy (non-hydrogen) atoms. The van der Waals surface area contributed by atoms with Crippen molar-refractivity contribution >= 4 is 21.8 Å². The number of hydrogen-bond donors (Lipinski definition) is 2. The van der Waals surface area contributed by atoms with Crippen LogP contribution in [0.3, 0.4) is 0 Å². The summed E-state index contributed by atoms with van der Waals surface area (Å²) in [5.41, 5.74) is 0.480. The third-order valence-corrected chi connectivity index (χ3v) is 2.56. The number of nitrogens with zero attached hydrogens (tertiary/aromatic N) is 1. The maximum absolute atomic E-state index is 11.4. The van der Waals surface area contributed by atoms with E-state index in [1.54, 1.807) is 19.4 Å². The molecule has 0 spiro atoms. The Labute approximate surface area is 96.7 Å². The first-order chi connectivity index (χ1) is 7.24. The number of ether oxygens (including phenoxy) is 1. The van der Waals surface area contributed by atoms with Crippen molar-refractivity contribution < 1.29 is 9.53 Å². The van der Waals surface area contributed by atoms with Gasteiger partial charge in [-0.3, -0.25) is 9.89 Å². The largest absolute Gasteiger partial charge is 0.384 e. The molecule has 0 bridgehead atoms. The molecule has 0 saturated carbocycles. The molecule has 0 aromatic carbocycles. The van der Waals surface area contributed by atoms with Crippen molar-refractivity contribution in [2.24, 2.45) is 0 Å². The minimum atomic E-state index is -0.135. The van der Waals surface area contributed by atoms with Crippen LogP contribution in [0.2, 0.25) is 0 Å². The first-order valence-electron chi connectivity index (χ1n) is 4.64. The Balaban J connectivity index is 2.18. The lowest BCUT2D eigenvalue weighted by Gasteiger charge is -2.08. The van der Waals surface area contributed by atoms with Crippen LogP contribution in [-0.4, -0.2) is 41.2 Å². The van der Waals surface area contributed by atoms with Gasteiger partial charge in [0.25, 0.3) is 5.91 Å². The first-order valence-corrected chi connectivity index (χ1v) is 5.56. The smallest absolute Gasteiger partial charge is 0.269 e. The molecule has 1 heterocycles. The van der Waals surface area contributed by atoms with Gasteiger partial charge >= 0.3 is 0 Å². The number of hydrogen-bond acceptors (Lipinski definition) is 3. The molecule has 0 aliphatic carbocycles. The highest BCUT2D eigenvalue weighted by Crippen LogP contribution is 2.04. The molecule has 2 N–H and O–H groups in total. The van der Waals surface area contributed by atoms with Crippen molar-refractivity contribution in [1.29, 1.82) is 0 Å². The summed E-state index contributed by atoms with van der Waals surface area (Å²) in [6.07, 6.45) is 2.38. The van der Waals surface area contributed by atoms with Gasteiger partial charge in [0.1, 0.15) is 5.69 Å². The number of rotatable bonds is 6. The highest BCUT2D eigenvalue weighted by atomic mass is 79.9. The van der Waals surface area contributed by atoms with E-state index in [0.29, 0.717) is 18.8 Å². The predicted octanol–water partition coefficient (Wildman–Crippen LogP) is 0.940. The molecule has 0 saturated heterocycles. The third kappa shape index (κ3) is 4.44. The predicted molar refractivity (Wildman–Crippen MR) is 60.1 cm³/mol. The quantitative estimate of drug-likeness (QED) is 0.760. The lowest BCUT2D eigenvalue weighted by molar-refractivity contribution is 0.0947. The molecular formula is C9H14BrN3O2. The van der Waals surface area contributed by atoms with E-state index in [1.165, 1.54) is 0 Å². The van der Waals surface area contributed by atoms with Crippen LogP contribution in [0.15, 0.2) is 12.3 Å². The molecule has 84 valence electrons. The van der Waals surface area contributed by atoms with Crippen LogP contribution < -0.4 is 5.32 Å². The van der Waals surface area contributed by atoms with E-state index in [0.717, 1.165) is 6.42 Å². The summed E-state index contributed by atoms with van der Waals surface area (Å²) in [5, 5.41) is 9.08. The van der Waals surface area contributed by atoms with Crippen LogP contribution in [0.25, 0.3) is 0 Å². The van der Waals surface area contributed by atoms with Crippen molar-refractivity contribution in [2.75, 3.05) is 20.3 Å². The molecule has 1 atom stereocenters. The van der Waals surface area contributed by atoms with Crippen LogP contribution >= 0.6 is 15.9 Å². The van der Waals surface area contributed by atoms with Gasteiger partial charge in [0, 0.05) is 24.7 Å². The number of alkyl halides is 1. The second-order valence-electron chi connectivity index (χ2n) is 3.07. The number of methoxy groups -OCH3 is 1. The molecule has 0 aliphatic heterocycles. The van der Waals surface area contributed by atoms with E-state index in [1.807, 2.05) is 0 Å². The van der Waals surface area contributed by atoms with E-state index in [4.69, 9.17) is 4.74 Å². The van der Waals surface area contributed by atoms with Crippen molar-refractivity contribution in [3.8, 4) is 0 Å². The fourth-order valence-corrected chi connectivity index (χ4v) is 1.58. The molecule has 0 aliphatic rings. The van der Waals surface area contributed by atoms with Crippen molar-refractivity contribution in [1.82, 2.24) is 15.5 Å². The minimum Gasteiger partial charge on any atom is -0.384 e. The molecule has 1 unspecified atom stereocenters. The van der Waals surface area contributed by atoms with Gasteiger partial charge in [0.15, 0.2) is 0 Å². The fraction of sp³-hybridized carbons (Fsp3) is 0.556. The summed E-state index contributed by atoms with van der Waals surface area (Å²) in [6, 6.07) is 1.64. The van der Waals surface area contributed by atoms with Gasteiger partial charge < -0.3 is 10.1 Å². The number of amides is 1. The summed E-state index contributed by atoms with van der Waals surface area (Å²) in [5.74, 6) is -0.135. The highest BCUT2D eigenvalue weighted by Gasteiger charge is 2.07. The molecule has 1 amide bonds. The summed E-state index contributed by atoms with van der Waals surface area (Å²) >= 11 is 3.44. The van der Waals surface area contributed by atoms with E-state index < -0.39 is 0 Å². The molecule has 1 rings (SSSR count). The number of nitrogens with one attached hydrogen (secondary N) is 2. The number of halogens is 1. The van der Waals surface area contributed by atoms with Crippen LogP contribution in [0, 0.1) is 0 Å². The summed E-state index contributed by atoms with van der Waals surface area (Å²) in [4.78, 5) is 11.7. The molecule has 0 radical (unpaired) electrons. The molecule has 6 heteroatoms. The average molecular weight is 276 g/mol. The normalized spacial score (nSPS) is 12.4. The van der Waals surface area contributed by atoms with Crippen LogP contribution in [-0.2, 0) is 4.74 Å². The molecule has 5 nitrogen and oxygen atoms in total. The molecule has 1 aromatic rings. The number of H-pyrrole nitrogens is 1. The maximum Gasteiger partial charge on any atom is 0.269 e. The van der Waals surface area contributed by atoms with E-state index in [-0.39, 0.29) is 10.7 Å². The minimum absolute atomic E-state index is 0.135. The van der Waals surface area contributed by atoms with Gasteiger partial charge in [-0.05, 0) is 12.5 Å². The Morgan fingerprint density at radius 3 is 3.20 bits per heavy atom. The Bertz CT molecular complexity index is 290. The zero-order valence-corrected chi connectivity index (χ0v) is 10.1. The standard InChI is InChI=1S/C9H14BrN3O2/c1-15-6-7(10)2-4-11-9(14)8-3-5-12-13-8/h3,5,7H,2,4,6H2,1H3,(H,11,14)(H,12,13). The number of aromatic amines is 1. The SMILES string of the molecule is COCC(Br)CCNC(=O)c1ccn[nH]1. The summed E-state index contributed by atoms with van der Waals surface area (Å²) < 4.78 is 4.96. The lowest BCUT2D eigenvalue weighted by Crippen LogP contribution is -2.27.